The van der Waals surface area contributed by atoms with Gasteiger partial charge >= 0.3 is 0 Å². The van der Waals surface area contributed by atoms with Crippen molar-refractivity contribution < 1.29 is 4.79 Å². The lowest BCUT2D eigenvalue weighted by Gasteiger charge is -2.19. The summed E-state index contributed by atoms with van der Waals surface area (Å²) < 4.78 is 0. The van der Waals surface area contributed by atoms with Crippen LogP contribution in [0, 0.1) is 13.8 Å². The third kappa shape index (κ3) is 4.07. The van der Waals surface area contributed by atoms with E-state index in [0.29, 0.717) is 17.5 Å². The summed E-state index contributed by atoms with van der Waals surface area (Å²) in [4.78, 5) is 20.1. The molecule has 2 heterocycles. The van der Waals surface area contributed by atoms with Crippen molar-refractivity contribution >= 4 is 28.1 Å². The van der Waals surface area contributed by atoms with E-state index in [1.54, 1.807) is 11.8 Å². The second-order valence-electron chi connectivity index (χ2n) is 6.75. The maximum Gasteiger partial charge on any atom is 0.230 e. The molecule has 2 aromatic heterocycles. The summed E-state index contributed by atoms with van der Waals surface area (Å²) in [5.41, 5.74) is 4.81. The van der Waals surface area contributed by atoms with Crippen molar-refractivity contribution in [3.05, 3.63) is 70.7 Å². The molecule has 2 aromatic carbocycles. The molecule has 1 amide bonds. The Morgan fingerprint density at radius 2 is 1.90 bits per heavy atom. The van der Waals surface area contributed by atoms with Crippen LogP contribution in [0.25, 0.3) is 11.4 Å². The largest absolute Gasteiger partial charge is 0.274 e. The number of aryl methyl sites for hydroxylation is 2. The lowest BCUT2D eigenvalue weighted by atomic mass is 10.1. The highest BCUT2D eigenvalue weighted by molar-refractivity contribution is 7.14. The van der Waals surface area contributed by atoms with E-state index in [2.05, 4.69) is 20.4 Å². The Kier molecular flexibility index (Phi) is 5.18. The van der Waals surface area contributed by atoms with E-state index in [1.807, 2.05) is 67.8 Å². The fourth-order valence-corrected chi connectivity index (χ4v) is 3.80. The molecule has 0 fully saturated rings. The molecule has 0 N–H and O–H groups in total. The van der Waals surface area contributed by atoms with Gasteiger partial charge in [-0.25, -0.2) is 4.98 Å². The van der Waals surface area contributed by atoms with Gasteiger partial charge in [0.2, 0.25) is 11.7 Å². The molecule has 146 valence electrons. The summed E-state index contributed by atoms with van der Waals surface area (Å²) in [6, 6.07) is 15.7. The first kappa shape index (κ1) is 18.9. The predicted molar refractivity (Wildman–Crippen MR) is 113 cm³/mol. The summed E-state index contributed by atoms with van der Waals surface area (Å²) >= 11 is 1.42. The first-order chi connectivity index (χ1) is 14.0. The van der Waals surface area contributed by atoms with Crippen LogP contribution >= 0.6 is 11.3 Å². The van der Waals surface area contributed by atoms with Gasteiger partial charge in [0.1, 0.15) is 6.54 Å². The van der Waals surface area contributed by atoms with Crippen molar-refractivity contribution in [2.75, 3.05) is 4.90 Å². The average molecular weight is 404 g/mol. The number of nitrogens with zero attached hydrogens (tertiary/aromatic N) is 6. The molecule has 7 nitrogen and oxygen atoms in total. The van der Waals surface area contributed by atoms with Crippen LogP contribution in [-0.4, -0.2) is 31.1 Å². The van der Waals surface area contributed by atoms with E-state index in [9.17, 15) is 4.79 Å². The highest BCUT2D eigenvalue weighted by atomic mass is 32.1. The standard InChI is InChI=1S/C21H20N6OS/c1-14-9-10-19(11-15(14)2)27(16(3)28)21-22-18(13-29-21)12-26-24-20(23-25-26)17-7-5-4-6-8-17/h4-11,13H,12H2,1-3H3. The molecule has 4 rings (SSSR count). The maximum absolute atomic E-state index is 12.3. The van der Waals surface area contributed by atoms with Crippen molar-refractivity contribution in [1.82, 2.24) is 25.2 Å². The monoisotopic (exact) mass is 404 g/mol. The zero-order valence-electron chi connectivity index (χ0n) is 16.4. The van der Waals surface area contributed by atoms with E-state index in [-0.39, 0.29) is 5.91 Å². The first-order valence-electron chi connectivity index (χ1n) is 9.17. The number of rotatable bonds is 5. The Bertz CT molecular complexity index is 1150. The van der Waals surface area contributed by atoms with Gasteiger partial charge < -0.3 is 0 Å². The van der Waals surface area contributed by atoms with Gasteiger partial charge in [-0.2, -0.15) is 4.80 Å². The topological polar surface area (TPSA) is 76.8 Å². The van der Waals surface area contributed by atoms with Crippen LogP contribution in [0.3, 0.4) is 0 Å². The van der Waals surface area contributed by atoms with E-state index in [4.69, 9.17) is 0 Å². The predicted octanol–water partition coefficient (Wildman–Crippen LogP) is 4.15. The highest BCUT2D eigenvalue weighted by Gasteiger charge is 2.19. The van der Waals surface area contributed by atoms with E-state index in [1.165, 1.54) is 21.7 Å². The Morgan fingerprint density at radius 3 is 2.62 bits per heavy atom. The van der Waals surface area contributed by atoms with Crippen LogP contribution in [-0.2, 0) is 11.3 Å². The molecule has 8 heteroatoms. The molecular formula is C21H20N6OS. The SMILES string of the molecule is CC(=O)N(c1ccc(C)c(C)c1)c1nc(Cn2nnc(-c3ccccc3)n2)cs1. The molecule has 0 aliphatic carbocycles. The van der Waals surface area contributed by atoms with E-state index >= 15 is 0 Å². The summed E-state index contributed by atoms with van der Waals surface area (Å²) in [5.74, 6) is 0.487. The lowest BCUT2D eigenvalue weighted by Crippen LogP contribution is -2.22. The summed E-state index contributed by atoms with van der Waals surface area (Å²) in [7, 11) is 0. The van der Waals surface area contributed by atoms with E-state index in [0.717, 1.165) is 22.5 Å². The zero-order valence-corrected chi connectivity index (χ0v) is 17.2. The highest BCUT2D eigenvalue weighted by Crippen LogP contribution is 2.30. The quantitative estimate of drug-likeness (QED) is 0.499. The third-order valence-corrected chi connectivity index (χ3v) is 5.46. The minimum Gasteiger partial charge on any atom is -0.274 e. The van der Waals surface area contributed by atoms with Gasteiger partial charge in [0, 0.05) is 17.9 Å². The van der Waals surface area contributed by atoms with Gasteiger partial charge in [-0.1, -0.05) is 36.4 Å². The summed E-state index contributed by atoms with van der Waals surface area (Å²) in [6.07, 6.45) is 0. The molecule has 0 aliphatic heterocycles. The number of tetrazole rings is 1. The van der Waals surface area contributed by atoms with Gasteiger partial charge in [0.25, 0.3) is 0 Å². The van der Waals surface area contributed by atoms with Crippen LogP contribution in [0.2, 0.25) is 0 Å². The molecule has 0 saturated carbocycles. The number of carbonyl (C=O) groups excluding carboxylic acids is 1. The molecule has 0 unspecified atom stereocenters. The minimum absolute atomic E-state index is 0.0839. The molecule has 0 aliphatic rings. The second-order valence-corrected chi connectivity index (χ2v) is 7.59. The number of carbonyl (C=O) groups is 1. The first-order valence-corrected chi connectivity index (χ1v) is 10.0. The maximum atomic E-state index is 12.3. The molecule has 0 atom stereocenters. The van der Waals surface area contributed by atoms with Crippen molar-refractivity contribution in [3.8, 4) is 11.4 Å². The summed E-state index contributed by atoms with van der Waals surface area (Å²) in [6.45, 7) is 6.01. The van der Waals surface area contributed by atoms with Crippen LogP contribution in [0.4, 0.5) is 10.8 Å². The van der Waals surface area contributed by atoms with Crippen molar-refractivity contribution in [1.29, 1.82) is 0 Å². The van der Waals surface area contributed by atoms with Gasteiger partial charge in [-0.05, 0) is 42.3 Å². The number of hydrogen-bond donors (Lipinski definition) is 0. The summed E-state index contributed by atoms with van der Waals surface area (Å²) in [5, 5.41) is 15.2. The number of benzene rings is 2. The number of amides is 1. The fourth-order valence-electron chi connectivity index (χ4n) is 2.92. The van der Waals surface area contributed by atoms with Crippen molar-refractivity contribution in [2.24, 2.45) is 0 Å². The molecule has 4 aromatic rings. The van der Waals surface area contributed by atoms with Crippen LogP contribution in [0.1, 0.15) is 23.7 Å². The molecular weight excluding hydrogens is 384 g/mol. The molecule has 29 heavy (non-hydrogen) atoms. The minimum atomic E-state index is -0.0839. The van der Waals surface area contributed by atoms with Crippen molar-refractivity contribution in [3.63, 3.8) is 0 Å². The number of thiazole rings is 1. The molecule has 0 bridgehead atoms. The number of hydrogen-bond acceptors (Lipinski definition) is 6. The van der Waals surface area contributed by atoms with Crippen LogP contribution in [0.5, 0.6) is 0 Å². The Labute approximate surface area is 172 Å². The van der Waals surface area contributed by atoms with E-state index < -0.39 is 0 Å². The third-order valence-electron chi connectivity index (χ3n) is 4.58. The number of anilines is 2. The fraction of sp³-hybridized carbons (Fsp3) is 0.190. The second kappa shape index (κ2) is 7.92. The van der Waals surface area contributed by atoms with Crippen LogP contribution in [0.15, 0.2) is 53.9 Å². The molecule has 0 spiro atoms. The van der Waals surface area contributed by atoms with Gasteiger partial charge in [0.05, 0.1) is 11.4 Å². The smallest absolute Gasteiger partial charge is 0.230 e. The Balaban J connectivity index is 1.56. The van der Waals surface area contributed by atoms with Gasteiger partial charge in [-0.3, -0.25) is 9.69 Å². The van der Waals surface area contributed by atoms with Crippen LogP contribution < -0.4 is 4.90 Å². The average Bonchev–Trinajstić information content (AvgIpc) is 3.36. The van der Waals surface area contributed by atoms with Gasteiger partial charge in [0.15, 0.2) is 5.13 Å². The molecule has 0 radical (unpaired) electrons. The van der Waals surface area contributed by atoms with Gasteiger partial charge in [-0.15, -0.1) is 21.5 Å². The normalized spacial score (nSPS) is 10.9. The van der Waals surface area contributed by atoms with Crippen molar-refractivity contribution in [2.45, 2.75) is 27.3 Å². The Morgan fingerprint density at radius 1 is 1.10 bits per heavy atom. The Hall–Kier alpha value is -3.39. The molecule has 0 saturated heterocycles. The zero-order chi connectivity index (χ0) is 20.4. The number of aromatic nitrogens is 5. The lowest BCUT2D eigenvalue weighted by molar-refractivity contribution is -0.115.